The van der Waals surface area contributed by atoms with Crippen molar-refractivity contribution in [2.75, 3.05) is 13.1 Å². The van der Waals surface area contributed by atoms with Gasteiger partial charge in [-0.1, -0.05) is 6.07 Å². The zero-order valence-corrected chi connectivity index (χ0v) is 13.9. The number of nitrogens with zero attached hydrogens (tertiary/aromatic N) is 2. The number of hydrogen-bond donors (Lipinski definition) is 1. The predicted octanol–water partition coefficient (Wildman–Crippen LogP) is 2.52. The number of likely N-dealkylation sites (tertiary alicyclic amines) is 1. The van der Waals surface area contributed by atoms with Gasteiger partial charge in [-0.15, -0.1) is 22.7 Å². The zero-order chi connectivity index (χ0) is 15.7. The molecule has 1 aliphatic rings. The Morgan fingerprint density at radius 3 is 2.95 bits per heavy atom. The van der Waals surface area contributed by atoms with E-state index in [0.29, 0.717) is 18.0 Å². The van der Waals surface area contributed by atoms with Crippen molar-refractivity contribution in [2.45, 2.75) is 19.8 Å². The van der Waals surface area contributed by atoms with Crippen LogP contribution in [0.15, 0.2) is 17.5 Å². The lowest BCUT2D eigenvalue weighted by Gasteiger charge is -2.30. The molecule has 0 bridgehead atoms. The van der Waals surface area contributed by atoms with Crippen LogP contribution in [-0.4, -0.2) is 34.8 Å². The van der Waals surface area contributed by atoms with E-state index in [2.05, 4.69) is 4.98 Å². The van der Waals surface area contributed by atoms with Gasteiger partial charge in [0.15, 0.2) is 0 Å². The second-order valence-corrected chi connectivity index (χ2v) is 7.35. The van der Waals surface area contributed by atoms with Gasteiger partial charge in [-0.25, -0.2) is 4.98 Å². The molecule has 1 unspecified atom stereocenters. The molecule has 116 valence electrons. The second kappa shape index (κ2) is 6.18. The van der Waals surface area contributed by atoms with Gasteiger partial charge in [-0.05, 0) is 31.2 Å². The van der Waals surface area contributed by atoms with Crippen LogP contribution in [0.25, 0.3) is 9.88 Å². The number of nitrogens with two attached hydrogens (primary N) is 1. The van der Waals surface area contributed by atoms with Gasteiger partial charge in [0, 0.05) is 13.1 Å². The molecule has 0 saturated carbocycles. The van der Waals surface area contributed by atoms with Crippen LogP contribution < -0.4 is 5.73 Å². The zero-order valence-electron chi connectivity index (χ0n) is 12.2. The van der Waals surface area contributed by atoms with E-state index in [9.17, 15) is 9.59 Å². The minimum absolute atomic E-state index is 0.0382. The fraction of sp³-hybridized carbons (Fsp3) is 0.400. The van der Waals surface area contributed by atoms with Crippen LogP contribution in [0, 0.1) is 12.8 Å². The van der Waals surface area contributed by atoms with Crippen LogP contribution in [0.4, 0.5) is 0 Å². The van der Waals surface area contributed by atoms with Crippen LogP contribution in [0.1, 0.15) is 28.2 Å². The first kappa shape index (κ1) is 15.2. The van der Waals surface area contributed by atoms with E-state index in [1.165, 1.54) is 11.3 Å². The molecule has 22 heavy (non-hydrogen) atoms. The molecule has 0 aliphatic carbocycles. The molecular weight excluding hydrogens is 318 g/mol. The van der Waals surface area contributed by atoms with E-state index in [-0.39, 0.29) is 17.7 Å². The van der Waals surface area contributed by atoms with E-state index in [4.69, 9.17) is 5.73 Å². The third-order valence-corrected chi connectivity index (χ3v) is 6.02. The number of hydrogen-bond acceptors (Lipinski definition) is 5. The molecule has 3 heterocycles. The smallest absolute Gasteiger partial charge is 0.265 e. The third-order valence-electron chi connectivity index (χ3n) is 3.83. The number of carbonyl (C=O) groups is 2. The topological polar surface area (TPSA) is 76.3 Å². The lowest BCUT2D eigenvalue weighted by atomic mass is 9.97. The average molecular weight is 335 g/mol. The van der Waals surface area contributed by atoms with Crippen molar-refractivity contribution in [1.29, 1.82) is 0 Å². The Morgan fingerprint density at radius 2 is 2.27 bits per heavy atom. The molecular formula is C15H17N3O2S2. The highest BCUT2D eigenvalue weighted by Crippen LogP contribution is 2.32. The summed E-state index contributed by atoms with van der Waals surface area (Å²) < 4.78 is 0. The first-order chi connectivity index (χ1) is 10.6. The van der Waals surface area contributed by atoms with E-state index in [1.807, 2.05) is 24.4 Å². The van der Waals surface area contributed by atoms with Gasteiger partial charge >= 0.3 is 0 Å². The highest BCUT2D eigenvalue weighted by molar-refractivity contribution is 7.22. The Balaban J connectivity index is 1.82. The maximum atomic E-state index is 12.7. The number of aryl methyl sites for hydroxylation is 1. The van der Waals surface area contributed by atoms with Crippen molar-refractivity contribution in [3.05, 3.63) is 28.1 Å². The van der Waals surface area contributed by atoms with Crippen LogP contribution in [0.2, 0.25) is 0 Å². The summed E-state index contributed by atoms with van der Waals surface area (Å²) in [6.07, 6.45) is 1.58. The summed E-state index contributed by atoms with van der Waals surface area (Å²) in [7, 11) is 0. The normalized spacial score (nSPS) is 18.4. The first-order valence-electron chi connectivity index (χ1n) is 7.16. The molecule has 5 nitrogen and oxygen atoms in total. The molecule has 0 radical (unpaired) electrons. The SMILES string of the molecule is Cc1nc(-c2cccs2)sc1C(=O)N1CCCC(C(N)=O)C1. The predicted molar refractivity (Wildman–Crippen MR) is 88.0 cm³/mol. The second-order valence-electron chi connectivity index (χ2n) is 5.40. The van der Waals surface area contributed by atoms with Gasteiger partial charge in [0.05, 0.1) is 16.5 Å². The molecule has 0 spiro atoms. The summed E-state index contributed by atoms with van der Waals surface area (Å²) in [6, 6.07) is 3.97. The Morgan fingerprint density at radius 1 is 1.45 bits per heavy atom. The van der Waals surface area contributed by atoms with Gasteiger partial charge in [0.1, 0.15) is 9.88 Å². The van der Waals surface area contributed by atoms with Gasteiger partial charge in [0.25, 0.3) is 5.91 Å². The number of thiazole rings is 1. The molecule has 3 rings (SSSR count). The number of carbonyl (C=O) groups excluding carboxylic acids is 2. The number of piperidine rings is 1. The molecule has 0 aromatic carbocycles. The summed E-state index contributed by atoms with van der Waals surface area (Å²) in [4.78, 5) is 32.1. The molecule has 1 saturated heterocycles. The van der Waals surface area contributed by atoms with E-state index in [0.717, 1.165) is 28.4 Å². The number of aromatic nitrogens is 1. The Hall–Kier alpha value is -1.73. The van der Waals surface area contributed by atoms with Crippen molar-refractivity contribution < 1.29 is 9.59 Å². The summed E-state index contributed by atoms with van der Waals surface area (Å²) in [5.74, 6) is -0.593. The maximum Gasteiger partial charge on any atom is 0.265 e. The van der Waals surface area contributed by atoms with E-state index >= 15 is 0 Å². The summed E-state index contributed by atoms with van der Waals surface area (Å²) in [5.41, 5.74) is 6.13. The number of primary amides is 1. The standard InChI is InChI=1S/C15H17N3O2S2/c1-9-12(22-14(17-9)11-5-3-7-21-11)15(20)18-6-2-4-10(8-18)13(16)19/h3,5,7,10H,2,4,6,8H2,1H3,(H2,16,19). The molecule has 2 aromatic rings. The number of amides is 2. The van der Waals surface area contributed by atoms with Crippen LogP contribution >= 0.6 is 22.7 Å². The first-order valence-corrected chi connectivity index (χ1v) is 8.85. The molecule has 2 N–H and O–H groups in total. The Bertz CT molecular complexity index is 694. The number of rotatable bonds is 3. The van der Waals surface area contributed by atoms with E-state index in [1.54, 1.807) is 16.2 Å². The summed E-state index contributed by atoms with van der Waals surface area (Å²) in [5, 5.41) is 2.87. The third kappa shape index (κ3) is 2.91. The van der Waals surface area contributed by atoms with Crippen LogP contribution in [0.5, 0.6) is 0 Å². The lowest BCUT2D eigenvalue weighted by molar-refractivity contribution is -0.123. The van der Waals surface area contributed by atoms with Crippen molar-refractivity contribution in [2.24, 2.45) is 11.7 Å². The minimum Gasteiger partial charge on any atom is -0.369 e. The van der Waals surface area contributed by atoms with E-state index < -0.39 is 0 Å². The lowest BCUT2D eigenvalue weighted by Crippen LogP contribution is -2.44. The molecule has 1 atom stereocenters. The number of thiophene rings is 1. The molecule has 1 aliphatic heterocycles. The monoisotopic (exact) mass is 335 g/mol. The van der Waals surface area contributed by atoms with Crippen molar-refractivity contribution in [3.63, 3.8) is 0 Å². The Kier molecular flexibility index (Phi) is 4.26. The van der Waals surface area contributed by atoms with Gasteiger partial charge in [-0.2, -0.15) is 0 Å². The van der Waals surface area contributed by atoms with Crippen molar-refractivity contribution in [3.8, 4) is 9.88 Å². The fourth-order valence-corrected chi connectivity index (χ4v) is 4.47. The highest BCUT2D eigenvalue weighted by atomic mass is 32.1. The summed E-state index contributed by atoms with van der Waals surface area (Å²) in [6.45, 7) is 2.95. The fourth-order valence-electron chi connectivity index (χ4n) is 2.64. The van der Waals surface area contributed by atoms with Crippen molar-refractivity contribution in [1.82, 2.24) is 9.88 Å². The minimum atomic E-state index is -0.321. The highest BCUT2D eigenvalue weighted by Gasteiger charge is 2.29. The largest absolute Gasteiger partial charge is 0.369 e. The maximum absolute atomic E-state index is 12.7. The molecule has 2 aromatic heterocycles. The van der Waals surface area contributed by atoms with Gasteiger partial charge in [-0.3, -0.25) is 9.59 Å². The quantitative estimate of drug-likeness (QED) is 0.936. The van der Waals surface area contributed by atoms with Gasteiger partial charge < -0.3 is 10.6 Å². The molecule has 1 fully saturated rings. The van der Waals surface area contributed by atoms with Gasteiger partial charge in [0.2, 0.25) is 5.91 Å². The van der Waals surface area contributed by atoms with Crippen LogP contribution in [-0.2, 0) is 4.79 Å². The summed E-state index contributed by atoms with van der Waals surface area (Å²) >= 11 is 3.03. The Labute approximate surface area is 136 Å². The molecule has 7 heteroatoms. The molecule has 2 amide bonds. The van der Waals surface area contributed by atoms with Crippen LogP contribution in [0.3, 0.4) is 0 Å². The average Bonchev–Trinajstić information content (AvgIpc) is 3.16. The van der Waals surface area contributed by atoms with Crippen molar-refractivity contribution >= 4 is 34.5 Å².